The highest BCUT2D eigenvalue weighted by Gasteiger charge is 2.22. The van der Waals surface area contributed by atoms with E-state index in [4.69, 9.17) is 9.40 Å². The number of furan rings is 1. The lowest BCUT2D eigenvalue weighted by Crippen LogP contribution is -2.09. The van der Waals surface area contributed by atoms with Gasteiger partial charge in [0.05, 0.1) is 47.0 Å². The molecule has 0 bridgehead atoms. The number of aliphatic hydroxyl groups is 1. The second-order valence-corrected chi connectivity index (χ2v) is 8.85. The van der Waals surface area contributed by atoms with E-state index in [0.29, 0.717) is 45.1 Å². The van der Waals surface area contributed by atoms with Gasteiger partial charge in [0, 0.05) is 29.1 Å². The van der Waals surface area contributed by atoms with E-state index in [9.17, 15) is 5.11 Å². The Morgan fingerprint density at radius 3 is 2.67 bits per heavy atom. The first-order valence-electron chi connectivity index (χ1n) is 12.0. The second kappa shape index (κ2) is 9.15. The molecule has 190 valence electrons. The third-order valence-corrected chi connectivity index (χ3v) is 6.39. The molecule has 1 unspecified atom stereocenters. The number of fused-ring (bicyclic) bond motifs is 2. The fraction of sp³-hybridized carbons (Fsp3) is 0.0357. The molecule has 6 heterocycles. The van der Waals surface area contributed by atoms with Crippen molar-refractivity contribution < 1.29 is 13.9 Å². The number of aromatic nitrogens is 7. The highest BCUT2D eigenvalue weighted by molar-refractivity contribution is 5.97. The van der Waals surface area contributed by atoms with E-state index in [0.717, 1.165) is 11.1 Å². The van der Waals surface area contributed by atoms with E-state index >= 15 is 4.39 Å². The van der Waals surface area contributed by atoms with Gasteiger partial charge in [-0.2, -0.15) is 5.10 Å². The van der Waals surface area contributed by atoms with Gasteiger partial charge in [0.15, 0.2) is 17.9 Å². The molecular weight excluding hydrogens is 499 g/mol. The maximum Gasteiger partial charge on any atom is 0.161 e. The minimum absolute atomic E-state index is 0.0902. The molecule has 1 aromatic carbocycles. The largest absolute Gasteiger partial charge is 0.472 e. The van der Waals surface area contributed by atoms with Crippen molar-refractivity contribution >= 4 is 27.6 Å². The first-order chi connectivity index (χ1) is 19.2. The summed E-state index contributed by atoms with van der Waals surface area (Å²) in [6.07, 6.45) is 8.45. The number of anilines is 1. The van der Waals surface area contributed by atoms with Crippen LogP contribution in [0.15, 0.2) is 90.3 Å². The molecule has 0 radical (unpaired) electrons. The molecule has 4 N–H and O–H groups in total. The van der Waals surface area contributed by atoms with Crippen LogP contribution < -0.4 is 5.32 Å². The van der Waals surface area contributed by atoms with Crippen LogP contribution >= 0.6 is 0 Å². The van der Waals surface area contributed by atoms with Crippen LogP contribution in [-0.4, -0.2) is 40.2 Å². The molecule has 0 aliphatic rings. The molecule has 0 fully saturated rings. The van der Waals surface area contributed by atoms with E-state index in [1.54, 1.807) is 55.3 Å². The van der Waals surface area contributed by atoms with Crippen molar-refractivity contribution in [2.24, 2.45) is 0 Å². The quantitative estimate of drug-likeness (QED) is 0.213. The molecule has 6 aromatic heterocycles. The summed E-state index contributed by atoms with van der Waals surface area (Å²) in [5.41, 5.74) is 5.20. The van der Waals surface area contributed by atoms with Gasteiger partial charge in [-0.3, -0.25) is 20.1 Å². The smallest absolute Gasteiger partial charge is 0.161 e. The summed E-state index contributed by atoms with van der Waals surface area (Å²) in [6, 6.07) is 14.4. The fourth-order valence-corrected chi connectivity index (χ4v) is 4.53. The summed E-state index contributed by atoms with van der Waals surface area (Å²) in [6.45, 7) is 0. The number of aliphatic hydroxyl groups excluding tert-OH is 1. The Morgan fingerprint density at radius 2 is 1.82 bits per heavy atom. The number of hydrogen-bond acceptors (Lipinski definition) is 8. The topological polar surface area (TPSA) is 141 Å². The van der Waals surface area contributed by atoms with Crippen LogP contribution in [-0.2, 0) is 0 Å². The third-order valence-electron chi connectivity index (χ3n) is 6.39. The number of benzene rings is 1. The van der Waals surface area contributed by atoms with Crippen molar-refractivity contribution in [1.29, 1.82) is 0 Å². The zero-order chi connectivity index (χ0) is 26.3. The number of pyridine rings is 3. The van der Waals surface area contributed by atoms with Crippen LogP contribution in [0.1, 0.15) is 11.8 Å². The first kappa shape index (κ1) is 22.8. The van der Waals surface area contributed by atoms with Crippen LogP contribution in [0, 0.1) is 5.82 Å². The van der Waals surface area contributed by atoms with Gasteiger partial charge in [0.2, 0.25) is 0 Å². The molecule has 0 aliphatic carbocycles. The predicted molar refractivity (Wildman–Crippen MR) is 143 cm³/mol. The summed E-state index contributed by atoms with van der Waals surface area (Å²) < 4.78 is 21.3. The van der Waals surface area contributed by atoms with Gasteiger partial charge < -0.3 is 19.8 Å². The van der Waals surface area contributed by atoms with E-state index in [2.05, 4.69) is 35.5 Å². The number of rotatable bonds is 6. The molecule has 0 saturated heterocycles. The highest BCUT2D eigenvalue weighted by Crippen LogP contribution is 2.34. The Labute approximate surface area is 219 Å². The van der Waals surface area contributed by atoms with E-state index < -0.39 is 12.0 Å². The van der Waals surface area contributed by atoms with E-state index in [-0.39, 0.29) is 11.1 Å². The molecule has 11 heteroatoms. The molecule has 1 atom stereocenters. The average Bonchev–Trinajstić information content (AvgIpc) is 3.73. The van der Waals surface area contributed by atoms with E-state index in [1.165, 1.54) is 12.4 Å². The first-order valence-corrected chi connectivity index (χ1v) is 12.0. The van der Waals surface area contributed by atoms with Crippen LogP contribution in [0.4, 0.5) is 10.1 Å². The van der Waals surface area contributed by atoms with Crippen LogP contribution in [0.2, 0.25) is 0 Å². The Kier molecular flexibility index (Phi) is 5.34. The number of nitrogens with one attached hydrogen (secondary N) is 3. The normalized spacial score (nSPS) is 12.3. The maximum atomic E-state index is 16.1. The van der Waals surface area contributed by atoms with Crippen molar-refractivity contribution in [3.63, 3.8) is 0 Å². The minimum Gasteiger partial charge on any atom is -0.472 e. The van der Waals surface area contributed by atoms with Gasteiger partial charge in [-0.25, -0.2) is 9.37 Å². The Hall–Kier alpha value is -5.42. The van der Waals surface area contributed by atoms with E-state index in [1.807, 2.05) is 18.2 Å². The zero-order valence-electron chi connectivity index (χ0n) is 20.1. The molecule has 7 aromatic rings. The summed E-state index contributed by atoms with van der Waals surface area (Å²) in [5, 5.41) is 21.0. The summed E-state index contributed by atoms with van der Waals surface area (Å²) >= 11 is 0. The molecule has 10 nitrogen and oxygen atoms in total. The summed E-state index contributed by atoms with van der Waals surface area (Å²) in [5.74, 6) is -0.197. The summed E-state index contributed by atoms with van der Waals surface area (Å²) in [4.78, 5) is 20.9. The molecule has 0 spiro atoms. The highest BCUT2D eigenvalue weighted by atomic mass is 19.1. The van der Waals surface area contributed by atoms with Crippen LogP contribution in [0.5, 0.6) is 0 Å². The van der Waals surface area contributed by atoms with Gasteiger partial charge in [-0.05, 0) is 18.2 Å². The predicted octanol–water partition coefficient (Wildman–Crippen LogP) is 5.46. The molecule has 0 aliphatic heterocycles. The summed E-state index contributed by atoms with van der Waals surface area (Å²) in [7, 11) is 0. The molecular formula is C28H19FN8O2. The number of nitrogens with zero attached hydrogens (tertiary/aromatic N) is 5. The van der Waals surface area contributed by atoms with Gasteiger partial charge in [0.1, 0.15) is 22.6 Å². The second-order valence-electron chi connectivity index (χ2n) is 8.85. The Balaban J connectivity index is 1.28. The number of aromatic amines is 2. The monoisotopic (exact) mass is 518 g/mol. The Bertz CT molecular complexity index is 1930. The SMILES string of the molecule is OC(Nc1cncc(-c2ncc3[nH]nc(-c4nc5c(-c6ccoc6)nccc5[nH]4)c3c2F)c1)c1ccccc1. The van der Waals surface area contributed by atoms with Crippen LogP contribution in [0.3, 0.4) is 0 Å². The fourth-order valence-electron chi connectivity index (χ4n) is 4.53. The number of halogens is 1. The van der Waals surface area contributed by atoms with Gasteiger partial charge in [0.25, 0.3) is 0 Å². The molecule has 39 heavy (non-hydrogen) atoms. The maximum absolute atomic E-state index is 16.1. The number of H-pyrrole nitrogens is 2. The average molecular weight is 519 g/mol. The molecule has 0 amide bonds. The molecule has 0 saturated carbocycles. The number of imidazole rings is 1. The Morgan fingerprint density at radius 1 is 0.923 bits per heavy atom. The third kappa shape index (κ3) is 3.97. The lowest BCUT2D eigenvalue weighted by Gasteiger charge is -2.15. The van der Waals surface area contributed by atoms with Crippen molar-refractivity contribution in [2.45, 2.75) is 6.23 Å². The zero-order valence-corrected chi connectivity index (χ0v) is 20.1. The van der Waals surface area contributed by atoms with Gasteiger partial charge in [-0.1, -0.05) is 30.3 Å². The van der Waals surface area contributed by atoms with Crippen molar-refractivity contribution in [1.82, 2.24) is 35.1 Å². The van der Waals surface area contributed by atoms with Crippen LogP contribution in [0.25, 0.3) is 56.0 Å². The van der Waals surface area contributed by atoms with Crippen molar-refractivity contribution in [3.05, 3.63) is 97.2 Å². The number of hydrogen-bond donors (Lipinski definition) is 4. The molecule has 7 rings (SSSR count). The standard InChI is InChI=1S/C28H19FN8O2/c29-22-21-20(13-32-23(22)17-10-18(12-30-11-17)33-28(38)15-4-2-1-3-5-15)36-37-26(21)27-34-19-6-8-31-24(25(19)35-27)16-7-9-39-14-16/h1-14,28,33,38H,(H,34,35)(H,36,37). The lowest BCUT2D eigenvalue weighted by atomic mass is 10.1. The van der Waals surface area contributed by atoms with Crippen molar-refractivity contribution in [2.75, 3.05) is 5.32 Å². The lowest BCUT2D eigenvalue weighted by molar-refractivity contribution is 0.208. The van der Waals surface area contributed by atoms with Gasteiger partial charge in [-0.15, -0.1) is 0 Å². The minimum atomic E-state index is -0.960. The van der Waals surface area contributed by atoms with Gasteiger partial charge >= 0.3 is 0 Å². The van der Waals surface area contributed by atoms with Crippen molar-refractivity contribution in [3.8, 4) is 34.0 Å².